The van der Waals surface area contributed by atoms with E-state index in [2.05, 4.69) is 5.10 Å². The van der Waals surface area contributed by atoms with Gasteiger partial charge in [-0.3, -0.25) is 4.55 Å². The summed E-state index contributed by atoms with van der Waals surface area (Å²) in [5.74, 6) is 4.90. The lowest BCUT2D eigenvalue weighted by Crippen LogP contribution is -2.06. The third kappa shape index (κ3) is 2.22. The van der Waals surface area contributed by atoms with Crippen molar-refractivity contribution in [2.45, 2.75) is 4.90 Å². The first-order valence-corrected chi connectivity index (χ1v) is 5.29. The molecular weight excluding hydrogens is 228 g/mol. The topological polar surface area (TPSA) is 92.8 Å². The van der Waals surface area contributed by atoms with Crippen LogP contribution in [0.25, 0.3) is 0 Å². The summed E-state index contributed by atoms with van der Waals surface area (Å²) in [4.78, 5) is -0.320. The van der Waals surface area contributed by atoms with Crippen molar-refractivity contribution in [1.82, 2.24) is 0 Å². The Bertz CT molecular complexity index is 470. The van der Waals surface area contributed by atoms with Crippen molar-refractivity contribution in [2.75, 3.05) is 0 Å². The number of nitrogens with two attached hydrogens (primary N) is 1. The van der Waals surface area contributed by atoms with Gasteiger partial charge in [-0.05, 0) is 6.07 Å². The normalized spacial score (nSPS) is 12.9. The number of halogens is 1. The SMILES string of the molecule is NN=C(Cl)c1ccccc1S(=O)(=O)O. The standard InChI is InChI=1S/C7H7ClN2O3S/c8-7(10-9)5-3-1-2-4-6(5)14(11,12)13/h1-4H,9H2,(H,11,12,13). The number of hydrazone groups is 1. The molecule has 0 saturated heterocycles. The molecule has 1 aromatic rings. The van der Waals surface area contributed by atoms with Crippen molar-refractivity contribution in [3.8, 4) is 0 Å². The highest BCUT2D eigenvalue weighted by atomic mass is 35.5. The number of benzene rings is 1. The van der Waals surface area contributed by atoms with E-state index in [1.807, 2.05) is 0 Å². The molecule has 0 fully saturated rings. The van der Waals surface area contributed by atoms with Gasteiger partial charge in [0, 0.05) is 5.56 Å². The van der Waals surface area contributed by atoms with Crippen LogP contribution in [0.3, 0.4) is 0 Å². The molecule has 76 valence electrons. The molecule has 0 radical (unpaired) electrons. The molecule has 0 aliphatic heterocycles. The van der Waals surface area contributed by atoms with Crippen LogP contribution in [0.5, 0.6) is 0 Å². The average molecular weight is 235 g/mol. The number of hydrogen-bond donors (Lipinski definition) is 2. The van der Waals surface area contributed by atoms with Crippen molar-refractivity contribution < 1.29 is 13.0 Å². The van der Waals surface area contributed by atoms with Gasteiger partial charge in [-0.1, -0.05) is 29.8 Å². The second kappa shape index (κ2) is 3.95. The van der Waals surface area contributed by atoms with Crippen molar-refractivity contribution in [3.05, 3.63) is 29.8 Å². The molecule has 5 nitrogen and oxygen atoms in total. The van der Waals surface area contributed by atoms with Gasteiger partial charge in [0.2, 0.25) is 0 Å². The molecule has 0 heterocycles. The van der Waals surface area contributed by atoms with Gasteiger partial charge >= 0.3 is 0 Å². The first kappa shape index (κ1) is 11.0. The predicted molar refractivity (Wildman–Crippen MR) is 52.8 cm³/mol. The lowest BCUT2D eigenvalue weighted by Gasteiger charge is -2.03. The molecule has 0 aliphatic carbocycles. The van der Waals surface area contributed by atoms with Crippen LogP contribution in [0.15, 0.2) is 34.3 Å². The summed E-state index contributed by atoms with van der Waals surface area (Å²) in [6.07, 6.45) is 0. The lowest BCUT2D eigenvalue weighted by molar-refractivity contribution is 0.483. The average Bonchev–Trinajstić information content (AvgIpc) is 2.15. The first-order chi connectivity index (χ1) is 6.46. The fourth-order valence-electron chi connectivity index (χ4n) is 0.932. The predicted octanol–water partition coefficient (Wildman–Crippen LogP) is 0.792. The van der Waals surface area contributed by atoms with E-state index in [1.54, 1.807) is 6.07 Å². The van der Waals surface area contributed by atoms with Crippen LogP contribution in [0.4, 0.5) is 0 Å². The van der Waals surface area contributed by atoms with E-state index in [0.29, 0.717) is 0 Å². The molecule has 0 aliphatic rings. The highest BCUT2D eigenvalue weighted by molar-refractivity contribution is 7.86. The van der Waals surface area contributed by atoms with Crippen molar-refractivity contribution >= 4 is 26.9 Å². The Morgan fingerprint density at radius 3 is 2.50 bits per heavy atom. The second-order valence-corrected chi connectivity index (χ2v) is 4.14. The summed E-state index contributed by atoms with van der Waals surface area (Å²) < 4.78 is 30.6. The fourth-order valence-corrected chi connectivity index (χ4v) is 1.85. The highest BCUT2D eigenvalue weighted by Gasteiger charge is 2.16. The minimum atomic E-state index is -4.31. The van der Waals surface area contributed by atoms with Crippen LogP contribution in [0.1, 0.15) is 5.56 Å². The molecule has 0 bridgehead atoms. The monoisotopic (exact) mass is 234 g/mol. The zero-order chi connectivity index (χ0) is 10.8. The Kier molecular flexibility index (Phi) is 3.10. The zero-order valence-electron chi connectivity index (χ0n) is 6.88. The van der Waals surface area contributed by atoms with Gasteiger partial charge < -0.3 is 5.84 Å². The molecule has 0 amide bonds. The van der Waals surface area contributed by atoms with Crippen LogP contribution < -0.4 is 5.84 Å². The van der Waals surface area contributed by atoms with E-state index in [9.17, 15) is 8.42 Å². The first-order valence-electron chi connectivity index (χ1n) is 3.47. The summed E-state index contributed by atoms with van der Waals surface area (Å²) in [5.41, 5.74) is 0.0687. The minimum absolute atomic E-state index is 0.0687. The Morgan fingerprint density at radius 2 is 2.00 bits per heavy atom. The quantitative estimate of drug-likeness (QED) is 0.343. The second-order valence-electron chi connectivity index (χ2n) is 2.39. The van der Waals surface area contributed by atoms with Crippen LogP contribution in [0.2, 0.25) is 0 Å². The van der Waals surface area contributed by atoms with Crippen LogP contribution in [-0.4, -0.2) is 18.1 Å². The number of nitrogens with zero attached hydrogens (tertiary/aromatic N) is 1. The molecule has 0 aromatic heterocycles. The molecule has 1 aromatic carbocycles. The zero-order valence-corrected chi connectivity index (χ0v) is 8.46. The molecule has 7 heteroatoms. The van der Waals surface area contributed by atoms with Crippen molar-refractivity contribution in [2.24, 2.45) is 10.9 Å². The smallest absolute Gasteiger partial charge is 0.295 e. The number of rotatable bonds is 2. The summed E-state index contributed by atoms with van der Waals surface area (Å²) in [6.45, 7) is 0. The molecule has 3 N–H and O–H groups in total. The largest absolute Gasteiger partial charge is 0.322 e. The van der Waals surface area contributed by atoms with Gasteiger partial charge in [0.15, 0.2) is 5.17 Å². The van der Waals surface area contributed by atoms with E-state index in [4.69, 9.17) is 22.0 Å². The lowest BCUT2D eigenvalue weighted by atomic mass is 10.2. The van der Waals surface area contributed by atoms with Crippen molar-refractivity contribution in [3.63, 3.8) is 0 Å². The Labute approximate surface area is 85.9 Å². The maximum atomic E-state index is 10.9. The van der Waals surface area contributed by atoms with E-state index < -0.39 is 10.1 Å². The third-order valence-corrected chi connectivity index (χ3v) is 2.71. The minimum Gasteiger partial charge on any atom is -0.322 e. The molecule has 0 unspecified atom stereocenters. The van der Waals surface area contributed by atoms with Crippen LogP contribution >= 0.6 is 11.6 Å². The summed E-state index contributed by atoms with van der Waals surface area (Å²) in [7, 11) is -4.31. The van der Waals surface area contributed by atoms with E-state index in [1.165, 1.54) is 18.2 Å². The third-order valence-electron chi connectivity index (χ3n) is 1.50. The molecular formula is C7H7ClN2O3S. The molecule has 14 heavy (non-hydrogen) atoms. The summed E-state index contributed by atoms with van der Waals surface area (Å²) in [6, 6.07) is 5.60. The van der Waals surface area contributed by atoms with Gasteiger partial charge in [0.25, 0.3) is 10.1 Å². The van der Waals surface area contributed by atoms with Gasteiger partial charge in [0.05, 0.1) is 0 Å². The number of hydrogen-bond acceptors (Lipinski definition) is 4. The fraction of sp³-hybridized carbons (Fsp3) is 0. The summed E-state index contributed by atoms with van der Waals surface area (Å²) in [5, 5.41) is 2.96. The van der Waals surface area contributed by atoms with E-state index in [0.717, 1.165) is 0 Å². The molecule has 1 rings (SSSR count). The molecule has 0 spiro atoms. The molecule has 0 saturated carbocycles. The van der Waals surface area contributed by atoms with Gasteiger partial charge in [-0.15, -0.1) is 0 Å². The Balaban J connectivity index is 3.46. The maximum Gasteiger partial charge on any atom is 0.295 e. The van der Waals surface area contributed by atoms with Crippen molar-refractivity contribution in [1.29, 1.82) is 0 Å². The van der Waals surface area contributed by atoms with Crippen LogP contribution in [-0.2, 0) is 10.1 Å². The van der Waals surface area contributed by atoms with Gasteiger partial charge in [0.1, 0.15) is 4.90 Å². The van der Waals surface area contributed by atoms with Gasteiger partial charge in [-0.2, -0.15) is 13.5 Å². The summed E-state index contributed by atoms with van der Waals surface area (Å²) >= 11 is 5.55. The Hall–Kier alpha value is -1.11. The van der Waals surface area contributed by atoms with Crippen LogP contribution in [0, 0.1) is 0 Å². The highest BCUT2D eigenvalue weighted by Crippen LogP contribution is 2.17. The van der Waals surface area contributed by atoms with E-state index in [-0.39, 0.29) is 15.6 Å². The molecule has 0 atom stereocenters. The van der Waals surface area contributed by atoms with Gasteiger partial charge in [-0.25, -0.2) is 0 Å². The maximum absolute atomic E-state index is 10.9. The Morgan fingerprint density at radius 1 is 1.43 bits per heavy atom. The van der Waals surface area contributed by atoms with E-state index >= 15 is 0 Å².